The Morgan fingerprint density at radius 2 is 2.04 bits per heavy atom. The van der Waals surface area contributed by atoms with Crippen molar-refractivity contribution in [3.8, 4) is 0 Å². The van der Waals surface area contributed by atoms with E-state index in [0.717, 1.165) is 11.8 Å². The molecule has 0 bridgehead atoms. The third kappa shape index (κ3) is 3.64. The van der Waals surface area contributed by atoms with Crippen LogP contribution < -0.4 is 10.6 Å². The standard InChI is InChI=1S/C19H21FN2O3S/c1-3-12-4-5-13(10-17(12)26(2,24)25)19(23)22-16-7-6-14-11-21-9-8-15(14)18(16)20/h4-7,10,21H,3,8-9,11H2,1-2H3,(H,22,23). The molecule has 0 spiro atoms. The molecular weight excluding hydrogens is 355 g/mol. The van der Waals surface area contributed by atoms with Gasteiger partial charge in [0.25, 0.3) is 5.91 Å². The quantitative estimate of drug-likeness (QED) is 0.860. The summed E-state index contributed by atoms with van der Waals surface area (Å²) in [6.07, 6.45) is 2.21. The van der Waals surface area contributed by atoms with Gasteiger partial charge in [-0.15, -0.1) is 0 Å². The third-order valence-electron chi connectivity index (χ3n) is 4.57. The van der Waals surface area contributed by atoms with E-state index in [1.165, 1.54) is 12.1 Å². The lowest BCUT2D eigenvalue weighted by Gasteiger charge is -2.19. The van der Waals surface area contributed by atoms with Crippen LogP contribution in [0.2, 0.25) is 0 Å². The van der Waals surface area contributed by atoms with Crippen LogP contribution in [0.5, 0.6) is 0 Å². The molecule has 2 aromatic carbocycles. The molecule has 138 valence electrons. The molecule has 0 unspecified atom stereocenters. The average molecular weight is 376 g/mol. The molecule has 1 heterocycles. The lowest BCUT2D eigenvalue weighted by Crippen LogP contribution is -2.25. The summed E-state index contributed by atoms with van der Waals surface area (Å²) in [6, 6.07) is 7.87. The Labute approximate surface area is 152 Å². The van der Waals surface area contributed by atoms with Crippen molar-refractivity contribution in [3.05, 3.63) is 58.4 Å². The van der Waals surface area contributed by atoms with Crippen molar-refractivity contribution in [2.75, 3.05) is 18.1 Å². The van der Waals surface area contributed by atoms with E-state index in [1.54, 1.807) is 18.2 Å². The second-order valence-electron chi connectivity index (χ2n) is 6.39. The van der Waals surface area contributed by atoms with E-state index in [2.05, 4.69) is 10.6 Å². The number of fused-ring (bicyclic) bond motifs is 1. The molecule has 1 aliphatic heterocycles. The molecule has 1 amide bonds. The predicted octanol–water partition coefficient (Wildman–Crippen LogP) is 2.69. The van der Waals surface area contributed by atoms with E-state index in [-0.39, 0.29) is 16.1 Å². The van der Waals surface area contributed by atoms with Crippen LogP contribution in [0.1, 0.15) is 34.0 Å². The second kappa shape index (κ2) is 7.17. The van der Waals surface area contributed by atoms with Gasteiger partial charge in [0.2, 0.25) is 0 Å². The highest BCUT2D eigenvalue weighted by Crippen LogP contribution is 2.25. The largest absolute Gasteiger partial charge is 0.319 e. The molecule has 0 saturated heterocycles. The zero-order valence-corrected chi connectivity index (χ0v) is 15.5. The fourth-order valence-electron chi connectivity index (χ4n) is 3.16. The molecule has 0 fully saturated rings. The minimum Gasteiger partial charge on any atom is -0.319 e. The normalized spacial score (nSPS) is 14.0. The number of carbonyl (C=O) groups excluding carboxylic acids is 1. The van der Waals surface area contributed by atoms with E-state index < -0.39 is 21.6 Å². The SMILES string of the molecule is CCc1ccc(C(=O)Nc2ccc3c(c2F)CCNC3)cc1S(C)(=O)=O. The van der Waals surface area contributed by atoms with E-state index in [9.17, 15) is 17.6 Å². The first-order valence-electron chi connectivity index (χ1n) is 8.46. The molecule has 3 rings (SSSR count). The van der Waals surface area contributed by atoms with Crippen LogP contribution in [0.4, 0.5) is 10.1 Å². The van der Waals surface area contributed by atoms with Crippen molar-refractivity contribution in [2.24, 2.45) is 0 Å². The van der Waals surface area contributed by atoms with Gasteiger partial charge in [0.15, 0.2) is 9.84 Å². The van der Waals surface area contributed by atoms with Gasteiger partial charge in [-0.2, -0.15) is 0 Å². The Balaban J connectivity index is 1.92. The molecule has 0 atom stereocenters. The summed E-state index contributed by atoms with van der Waals surface area (Å²) in [5, 5.41) is 5.74. The molecular formula is C19H21FN2O3S. The Kier molecular flexibility index (Phi) is 5.11. The zero-order chi connectivity index (χ0) is 18.9. The van der Waals surface area contributed by atoms with Crippen LogP contribution in [0.15, 0.2) is 35.2 Å². The first kappa shape index (κ1) is 18.5. The molecule has 2 N–H and O–H groups in total. The van der Waals surface area contributed by atoms with Crippen molar-refractivity contribution >= 4 is 21.4 Å². The Bertz CT molecular complexity index is 971. The molecule has 5 nitrogen and oxygen atoms in total. The number of hydrogen-bond donors (Lipinski definition) is 2. The summed E-state index contributed by atoms with van der Waals surface area (Å²) in [5.74, 6) is -0.962. The monoisotopic (exact) mass is 376 g/mol. The summed E-state index contributed by atoms with van der Waals surface area (Å²) in [7, 11) is -3.46. The lowest BCUT2D eigenvalue weighted by atomic mass is 9.99. The van der Waals surface area contributed by atoms with Crippen molar-refractivity contribution in [3.63, 3.8) is 0 Å². The minimum atomic E-state index is -3.46. The van der Waals surface area contributed by atoms with Gasteiger partial charge in [0.05, 0.1) is 10.6 Å². The highest BCUT2D eigenvalue weighted by molar-refractivity contribution is 7.90. The van der Waals surface area contributed by atoms with Crippen molar-refractivity contribution in [2.45, 2.75) is 31.2 Å². The Hall–Kier alpha value is -2.25. The molecule has 1 aliphatic rings. The van der Waals surface area contributed by atoms with Gasteiger partial charge < -0.3 is 10.6 Å². The van der Waals surface area contributed by atoms with Crippen molar-refractivity contribution in [1.29, 1.82) is 0 Å². The number of sulfone groups is 1. The number of anilines is 1. The molecule has 0 saturated carbocycles. The number of amides is 1. The first-order chi connectivity index (χ1) is 12.3. The Morgan fingerprint density at radius 3 is 2.73 bits per heavy atom. The number of hydrogen-bond acceptors (Lipinski definition) is 4. The third-order valence-corrected chi connectivity index (χ3v) is 5.74. The zero-order valence-electron chi connectivity index (χ0n) is 14.7. The lowest BCUT2D eigenvalue weighted by molar-refractivity contribution is 0.102. The fraction of sp³-hybridized carbons (Fsp3) is 0.316. The topological polar surface area (TPSA) is 75.3 Å². The molecule has 7 heteroatoms. The molecule has 0 radical (unpaired) electrons. The van der Waals surface area contributed by atoms with Crippen LogP contribution >= 0.6 is 0 Å². The van der Waals surface area contributed by atoms with Gasteiger partial charge in [-0.25, -0.2) is 12.8 Å². The van der Waals surface area contributed by atoms with Crippen LogP contribution in [-0.4, -0.2) is 27.1 Å². The summed E-state index contributed by atoms with van der Waals surface area (Å²) < 4.78 is 38.6. The van der Waals surface area contributed by atoms with Gasteiger partial charge in [-0.3, -0.25) is 4.79 Å². The van der Waals surface area contributed by atoms with Crippen LogP contribution in [-0.2, 0) is 29.2 Å². The number of halogens is 1. The van der Waals surface area contributed by atoms with Gasteiger partial charge in [0.1, 0.15) is 5.82 Å². The molecule has 2 aromatic rings. The summed E-state index contributed by atoms with van der Waals surface area (Å²) in [6.45, 7) is 3.15. The van der Waals surface area contributed by atoms with E-state index >= 15 is 0 Å². The number of nitrogens with one attached hydrogen (secondary N) is 2. The van der Waals surface area contributed by atoms with Crippen LogP contribution in [0, 0.1) is 5.82 Å². The fourth-order valence-corrected chi connectivity index (χ4v) is 4.19. The average Bonchev–Trinajstić information content (AvgIpc) is 2.63. The van der Waals surface area contributed by atoms with Crippen LogP contribution in [0.3, 0.4) is 0 Å². The summed E-state index contributed by atoms with van der Waals surface area (Å²) in [4.78, 5) is 12.7. The maximum Gasteiger partial charge on any atom is 0.255 e. The van der Waals surface area contributed by atoms with Crippen molar-refractivity contribution in [1.82, 2.24) is 5.32 Å². The van der Waals surface area contributed by atoms with Crippen molar-refractivity contribution < 1.29 is 17.6 Å². The highest BCUT2D eigenvalue weighted by Gasteiger charge is 2.20. The summed E-state index contributed by atoms with van der Waals surface area (Å²) in [5.41, 5.74) is 2.44. The summed E-state index contributed by atoms with van der Waals surface area (Å²) >= 11 is 0. The van der Waals surface area contributed by atoms with E-state index in [0.29, 0.717) is 37.1 Å². The number of aryl methyl sites for hydroxylation is 1. The van der Waals surface area contributed by atoms with Gasteiger partial charge >= 0.3 is 0 Å². The maximum atomic E-state index is 14.7. The Morgan fingerprint density at radius 1 is 1.27 bits per heavy atom. The minimum absolute atomic E-state index is 0.108. The number of carbonyl (C=O) groups is 1. The first-order valence-corrected chi connectivity index (χ1v) is 10.4. The smallest absolute Gasteiger partial charge is 0.255 e. The van der Waals surface area contributed by atoms with E-state index in [1.807, 2.05) is 6.92 Å². The number of rotatable bonds is 4. The molecule has 0 aliphatic carbocycles. The van der Waals surface area contributed by atoms with Gasteiger partial charge in [-0.1, -0.05) is 19.1 Å². The number of benzene rings is 2. The van der Waals surface area contributed by atoms with Gasteiger partial charge in [0, 0.05) is 18.4 Å². The molecule has 26 heavy (non-hydrogen) atoms. The maximum absolute atomic E-state index is 14.7. The van der Waals surface area contributed by atoms with Crippen LogP contribution in [0.25, 0.3) is 0 Å². The van der Waals surface area contributed by atoms with Gasteiger partial charge in [-0.05, 0) is 54.3 Å². The second-order valence-corrected chi connectivity index (χ2v) is 8.38. The molecule has 0 aromatic heterocycles. The van der Waals surface area contributed by atoms with E-state index in [4.69, 9.17) is 0 Å². The predicted molar refractivity (Wildman–Crippen MR) is 98.7 cm³/mol. The highest BCUT2D eigenvalue weighted by atomic mass is 32.2.